The first-order valence-electron chi connectivity index (χ1n) is 12.4. The monoisotopic (exact) mass is 439 g/mol. The van der Waals surface area contributed by atoms with Gasteiger partial charge in [0.1, 0.15) is 6.29 Å². The van der Waals surface area contributed by atoms with Crippen LogP contribution in [0.3, 0.4) is 0 Å². The summed E-state index contributed by atoms with van der Waals surface area (Å²) in [5.41, 5.74) is 6.72. The molecule has 32 heavy (non-hydrogen) atoms. The number of hydrogen-bond donors (Lipinski definition) is 4. The summed E-state index contributed by atoms with van der Waals surface area (Å²) in [6, 6.07) is 5.16. The number of rotatable bonds is 9. The number of anilines is 1. The number of unbranched alkanes of at least 4 members (excludes halogenated alkanes) is 2. The van der Waals surface area contributed by atoms with E-state index >= 15 is 0 Å². The first-order chi connectivity index (χ1) is 15.7. The van der Waals surface area contributed by atoms with Gasteiger partial charge >= 0.3 is 0 Å². The molecule has 0 amide bonds. The molecule has 1 aromatic rings. The molecule has 0 bridgehead atoms. The lowest BCUT2D eigenvalue weighted by molar-refractivity contribution is 0.0614. The summed E-state index contributed by atoms with van der Waals surface area (Å²) in [4.78, 5) is 2.58. The Balaban J connectivity index is 1.56. The van der Waals surface area contributed by atoms with Gasteiger partial charge in [-0.25, -0.2) is 0 Å². The van der Waals surface area contributed by atoms with Crippen LogP contribution < -0.4 is 21.3 Å². The van der Waals surface area contributed by atoms with Crippen LogP contribution in [0.4, 0.5) is 5.69 Å². The highest BCUT2D eigenvalue weighted by molar-refractivity contribution is 5.73. The van der Waals surface area contributed by atoms with Gasteiger partial charge in [-0.2, -0.15) is 0 Å². The second kappa shape index (κ2) is 11.4. The smallest absolute Gasteiger partial charge is 0.136 e. The molecule has 3 aliphatic rings. The highest BCUT2D eigenvalue weighted by Crippen LogP contribution is 2.34. The number of nitrogens with one attached hydrogen (secondary N) is 4. The molecule has 1 saturated heterocycles. The molecule has 1 fully saturated rings. The van der Waals surface area contributed by atoms with E-state index in [2.05, 4.69) is 57.9 Å². The van der Waals surface area contributed by atoms with E-state index in [4.69, 9.17) is 4.74 Å². The molecule has 176 valence electrons. The Morgan fingerprint density at radius 2 is 2.19 bits per heavy atom. The Morgan fingerprint density at radius 1 is 1.28 bits per heavy atom. The normalized spacial score (nSPS) is 26.3. The van der Waals surface area contributed by atoms with Crippen molar-refractivity contribution in [3.63, 3.8) is 0 Å². The van der Waals surface area contributed by atoms with Crippen molar-refractivity contribution < 1.29 is 4.74 Å². The second-order valence-corrected chi connectivity index (χ2v) is 9.35. The van der Waals surface area contributed by atoms with Gasteiger partial charge in [-0.05, 0) is 93.4 Å². The average Bonchev–Trinajstić information content (AvgIpc) is 3.10. The number of ether oxygens (including phenoxy) is 1. The van der Waals surface area contributed by atoms with Crippen molar-refractivity contribution in [3.05, 3.63) is 47.6 Å². The van der Waals surface area contributed by atoms with Gasteiger partial charge in [0.15, 0.2) is 0 Å². The molecule has 0 radical (unpaired) electrons. The fraction of sp³-hybridized carbons (Fsp3) is 0.615. The molecule has 0 saturated carbocycles. The van der Waals surface area contributed by atoms with Crippen LogP contribution in [-0.2, 0) is 18.0 Å². The summed E-state index contributed by atoms with van der Waals surface area (Å²) in [6.07, 6.45) is 11.7. The molecule has 0 spiro atoms. The van der Waals surface area contributed by atoms with Crippen LogP contribution >= 0.6 is 0 Å². The third kappa shape index (κ3) is 5.61. The van der Waals surface area contributed by atoms with Crippen LogP contribution in [0.1, 0.15) is 62.1 Å². The lowest BCUT2D eigenvalue weighted by Gasteiger charge is -2.45. The van der Waals surface area contributed by atoms with Crippen molar-refractivity contribution in [1.82, 2.24) is 20.9 Å². The SMILES string of the molecule is C=CCCCCN1C(C)CC(NC)NC1Nc1cc2c(c(C3=CCNCCC3)c1)COC2. The zero-order chi connectivity index (χ0) is 22.3. The third-order valence-electron chi connectivity index (χ3n) is 7.04. The maximum absolute atomic E-state index is 5.86. The minimum Gasteiger partial charge on any atom is -0.372 e. The van der Waals surface area contributed by atoms with Gasteiger partial charge in [0.05, 0.1) is 19.4 Å². The quantitative estimate of drug-likeness (QED) is 0.347. The molecule has 6 heteroatoms. The second-order valence-electron chi connectivity index (χ2n) is 9.35. The zero-order valence-corrected chi connectivity index (χ0v) is 19.9. The molecular weight excluding hydrogens is 398 g/mol. The van der Waals surface area contributed by atoms with Crippen LogP contribution in [0.5, 0.6) is 0 Å². The van der Waals surface area contributed by atoms with E-state index in [1.165, 1.54) is 47.2 Å². The van der Waals surface area contributed by atoms with Crippen molar-refractivity contribution >= 4 is 11.3 Å². The van der Waals surface area contributed by atoms with E-state index in [-0.39, 0.29) is 6.29 Å². The summed E-state index contributed by atoms with van der Waals surface area (Å²) in [5.74, 6) is 0. The van der Waals surface area contributed by atoms with Gasteiger partial charge < -0.3 is 20.7 Å². The fourth-order valence-corrected chi connectivity index (χ4v) is 5.21. The summed E-state index contributed by atoms with van der Waals surface area (Å²) in [5, 5.41) is 14.5. The maximum atomic E-state index is 5.86. The standard InChI is InChI=1S/C26H41N5O/c1-4-5-6-7-13-31-19(2)14-25(27-3)30-26(31)29-22-15-21-17-32-18-24(21)23(16-22)20-9-8-11-28-12-10-20/h4,10,15-16,19,25-30H,1,5-9,11-14,17-18H2,2-3H3. The Morgan fingerprint density at radius 3 is 3.03 bits per heavy atom. The number of allylic oxidation sites excluding steroid dienone is 2. The van der Waals surface area contributed by atoms with Crippen molar-refractivity contribution in [2.75, 3.05) is 32.0 Å². The molecular formula is C26H41N5O. The first-order valence-corrected chi connectivity index (χ1v) is 12.4. The topological polar surface area (TPSA) is 60.6 Å². The molecule has 3 heterocycles. The largest absolute Gasteiger partial charge is 0.372 e. The number of fused-ring (bicyclic) bond motifs is 1. The summed E-state index contributed by atoms with van der Waals surface area (Å²) >= 11 is 0. The summed E-state index contributed by atoms with van der Waals surface area (Å²) in [7, 11) is 2.04. The van der Waals surface area contributed by atoms with Crippen LogP contribution in [0.25, 0.3) is 5.57 Å². The van der Waals surface area contributed by atoms with E-state index < -0.39 is 0 Å². The van der Waals surface area contributed by atoms with E-state index in [1.54, 1.807) is 0 Å². The van der Waals surface area contributed by atoms with Crippen molar-refractivity contribution in [2.24, 2.45) is 0 Å². The molecule has 3 atom stereocenters. The molecule has 3 aliphatic heterocycles. The van der Waals surface area contributed by atoms with E-state index in [0.717, 1.165) is 45.5 Å². The van der Waals surface area contributed by atoms with Gasteiger partial charge in [0.2, 0.25) is 0 Å². The van der Waals surface area contributed by atoms with Gasteiger partial charge in [-0.3, -0.25) is 10.2 Å². The summed E-state index contributed by atoms with van der Waals surface area (Å²) < 4.78 is 5.86. The number of hydrogen-bond acceptors (Lipinski definition) is 6. The number of nitrogens with zero attached hydrogens (tertiary/aromatic N) is 1. The Kier molecular flexibility index (Phi) is 8.38. The Hall–Kier alpha value is -1.70. The van der Waals surface area contributed by atoms with E-state index in [1.807, 2.05) is 13.1 Å². The van der Waals surface area contributed by atoms with Crippen LogP contribution in [0.2, 0.25) is 0 Å². The Bertz CT molecular complexity index is 808. The average molecular weight is 440 g/mol. The van der Waals surface area contributed by atoms with Crippen LogP contribution in [0.15, 0.2) is 30.9 Å². The fourth-order valence-electron chi connectivity index (χ4n) is 5.21. The predicted octanol–water partition coefficient (Wildman–Crippen LogP) is 3.76. The predicted molar refractivity (Wildman–Crippen MR) is 133 cm³/mol. The molecule has 6 nitrogen and oxygen atoms in total. The van der Waals surface area contributed by atoms with Crippen LogP contribution in [0, 0.1) is 0 Å². The van der Waals surface area contributed by atoms with Crippen LogP contribution in [-0.4, -0.2) is 50.1 Å². The molecule has 3 unspecified atom stereocenters. The highest BCUT2D eigenvalue weighted by Gasteiger charge is 2.32. The van der Waals surface area contributed by atoms with Gasteiger partial charge in [0, 0.05) is 24.8 Å². The third-order valence-corrected chi connectivity index (χ3v) is 7.04. The highest BCUT2D eigenvalue weighted by atomic mass is 16.5. The lowest BCUT2D eigenvalue weighted by atomic mass is 9.93. The van der Waals surface area contributed by atoms with Crippen molar-refractivity contribution in [1.29, 1.82) is 0 Å². The van der Waals surface area contributed by atoms with Gasteiger partial charge in [-0.15, -0.1) is 6.58 Å². The molecule has 4 rings (SSSR count). The molecule has 0 aromatic heterocycles. The van der Waals surface area contributed by atoms with Gasteiger partial charge in [0.25, 0.3) is 0 Å². The minimum atomic E-state index is 0.0953. The van der Waals surface area contributed by atoms with Gasteiger partial charge in [-0.1, -0.05) is 12.2 Å². The first kappa shape index (κ1) is 23.5. The molecule has 4 N–H and O–H groups in total. The number of benzene rings is 1. The lowest BCUT2D eigenvalue weighted by Crippen LogP contribution is -2.65. The molecule has 1 aromatic carbocycles. The van der Waals surface area contributed by atoms with E-state index in [0.29, 0.717) is 18.8 Å². The van der Waals surface area contributed by atoms with E-state index in [9.17, 15) is 0 Å². The van der Waals surface area contributed by atoms with Crippen molar-refractivity contribution in [2.45, 2.75) is 77.2 Å². The molecule has 0 aliphatic carbocycles. The minimum absolute atomic E-state index is 0.0953. The summed E-state index contributed by atoms with van der Waals surface area (Å²) in [6.45, 7) is 10.8. The zero-order valence-electron chi connectivity index (χ0n) is 19.9. The van der Waals surface area contributed by atoms with Crippen molar-refractivity contribution in [3.8, 4) is 0 Å². The Labute approximate surface area is 193 Å². The maximum Gasteiger partial charge on any atom is 0.136 e.